The van der Waals surface area contributed by atoms with Gasteiger partial charge in [0.05, 0.1) is 20.7 Å². The van der Waals surface area contributed by atoms with E-state index in [0.717, 1.165) is 18.7 Å². The van der Waals surface area contributed by atoms with Crippen LogP contribution in [-0.2, 0) is 0 Å². The first-order valence-electron chi connectivity index (χ1n) is 14.4. The summed E-state index contributed by atoms with van der Waals surface area (Å²) in [6, 6.07) is 9.40. The van der Waals surface area contributed by atoms with Gasteiger partial charge in [-0.15, -0.1) is 5.11 Å². The third kappa shape index (κ3) is 13.6. The molecule has 0 bridgehead atoms. The number of azo groups is 1. The molecule has 8 heteroatoms. The van der Waals surface area contributed by atoms with Crippen LogP contribution in [0.25, 0.3) is 0 Å². The fourth-order valence-electron chi connectivity index (χ4n) is 4.42. The Labute approximate surface area is 238 Å². The topological polar surface area (TPSA) is 79.9 Å². The van der Waals surface area contributed by atoms with Gasteiger partial charge < -0.3 is 5.32 Å². The van der Waals surface area contributed by atoms with Crippen molar-refractivity contribution in [3.05, 3.63) is 56.6 Å². The summed E-state index contributed by atoms with van der Waals surface area (Å²) in [5.41, 5.74) is 1.71. The van der Waals surface area contributed by atoms with Gasteiger partial charge >= 0.3 is 0 Å². The predicted molar refractivity (Wildman–Crippen MR) is 162 cm³/mol. The van der Waals surface area contributed by atoms with Crippen LogP contribution in [-0.4, -0.2) is 11.5 Å². The summed E-state index contributed by atoms with van der Waals surface area (Å²) in [6.07, 6.45) is 21.7. The lowest BCUT2D eigenvalue weighted by atomic mass is 10.0. The Bertz CT molecular complexity index is 944. The molecule has 0 aliphatic rings. The molecule has 2 rings (SSSR count). The number of hydrogen-bond donors (Lipinski definition) is 1. The van der Waals surface area contributed by atoms with Crippen molar-refractivity contribution in [2.75, 3.05) is 11.9 Å². The monoisotopic (exact) mass is 562 g/mol. The normalized spacial score (nSPS) is 11.3. The maximum absolute atomic E-state index is 10.8. The maximum atomic E-state index is 10.8. The first-order chi connectivity index (χ1) is 18.5. The number of benzene rings is 2. The van der Waals surface area contributed by atoms with Crippen molar-refractivity contribution < 1.29 is 4.92 Å². The summed E-state index contributed by atoms with van der Waals surface area (Å²) in [5.74, 6) is 0. The lowest BCUT2D eigenvalue weighted by Crippen LogP contribution is -2.01. The van der Waals surface area contributed by atoms with Crippen molar-refractivity contribution in [1.29, 1.82) is 0 Å². The highest BCUT2D eigenvalue weighted by Crippen LogP contribution is 2.37. The molecule has 210 valence electrons. The smallest absolute Gasteiger partial charge is 0.269 e. The number of halogens is 2. The third-order valence-corrected chi connectivity index (χ3v) is 7.28. The molecule has 0 spiro atoms. The Morgan fingerprint density at radius 2 is 1.16 bits per heavy atom. The van der Waals surface area contributed by atoms with Gasteiger partial charge in [0.2, 0.25) is 0 Å². The van der Waals surface area contributed by atoms with Crippen molar-refractivity contribution >= 4 is 46.0 Å². The number of hydrogen-bond acceptors (Lipinski definition) is 5. The SMILES string of the molecule is CCCCCCCCCCCCCCCCCCNc1cc(Cl)c(N=Nc2ccc([N+](=O)[O-])cc2)c(Cl)c1. The van der Waals surface area contributed by atoms with Crippen LogP contribution < -0.4 is 5.32 Å². The zero-order chi connectivity index (χ0) is 27.4. The Hall–Kier alpha value is -2.18. The van der Waals surface area contributed by atoms with E-state index in [4.69, 9.17) is 23.2 Å². The van der Waals surface area contributed by atoms with Crippen molar-refractivity contribution in [2.24, 2.45) is 10.2 Å². The average Bonchev–Trinajstić information content (AvgIpc) is 2.90. The van der Waals surface area contributed by atoms with E-state index in [-0.39, 0.29) is 5.69 Å². The molecule has 2 aromatic carbocycles. The van der Waals surface area contributed by atoms with Crippen molar-refractivity contribution in [3.63, 3.8) is 0 Å². The number of nitro benzene ring substituents is 1. The summed E-state index contributed by atoms with van der Waals surface area (Å²) < 4.78 is 0. The van der Waals surface area contributed by atoms with Crippen LogP contribution in [0.2, 0.25) is 10.0 Å². The highest BCUT2D eigenvalue weighted by atomic mass is 35.5. The summed E-state index contributed by atoms with van der Waals surface area (Å²) in [6.45, 7) is 3.15. The molecule has 0 aromatic heterocycles. The predicted octanol–water partition coefficient (Wildman–Crippen LogP) is 12.0. The molecule has 1 N–H and O–H groups in total. The number of nitrogens with one attached hydrogen (secondary N) is 1. The fourth-order valence-corrected chi connectivity index (χ4v) is 4.98. The van der Waals surface area contributed by atoms with E-state index in [1.807, 2.05) is 0 Å². The van der Waals surface area contributed by atoms with Gasteiger partial charge in [0, 0.05) is 24.4 Å². The molecule has 0 aliphatic heterocycles. The minimum atomic E-state index is -0.458. The molecule has 2 aromatic rings. The lowest BCUT2D eigenvalue weighted by Gasteiger charge is -2.09. The second kappa shape index (κ2) is 19.8. The van der Waals surface area contributed by atoms with Crippen molar-refractivity contribution in [2.45, 2.75) is 110 Å². The van der Waals surface area contributed by atoms with Gasteiger partial charge in [0.1, 0.15) is 5.69 Å². The molecule has 6 nitrogen and oxygen atoms in total. The van der Waals surface area contributed by atoms with Crippen LogP contribution in [0.5, 0.6) is 0 Å². The standard InChI is InChI=1S/C30H44Cl2N4O2/c1-2-3-4-5-6-7-8-9-10-11-12-13-14-15-16-17-22-33-26-23-28(31)30(29(32)24-26)35-34-25-18-20-27(21-19-25)36(37)38/h18-21,23-24,33H,2-17,22H2,1H3. The first-order valence-corrected chi connectivity index (χ1v) is 15.2. The largest absolute Gasteiger partial charge is 0.385 e. The number of non-ortho nitro benzene ring substituents is 1. The summed E-state index contributed by atoms with van der Waals surface area (Å²) in [7, 11) is 0. The van der Waals surface area contributed by atoms with E-state index in [1.54, 1.807) is 12.1 Å². The van der Waals surface area contributed by atoms with E-state index in [9.17, 15) is 10.1 Å². The molecule has 0 radical (unpaired) electrons. The molecular formula is C30H44Cl2N4O2. The zero-order valence-corrected chi connectivity index (χ0v) is 24.4. The van der Waals surface area contributed by atoms with Gasteiger partial charge in [-0.05, 0) is 30.7 Å². The Kier molecular flexibility index (Phi) is 16.7. The second-order valence-electron chi connectivity index (χ2n) is 9.99. The number of nitrogens with zero attached hydrogens (tertiary/aromatic N) is 3. The van der Waals surface area contributed by atoms with E-state index >= 15 is 0 Å². The first kappa shape index (κ1) is 32.0. The van der Waals surface area contributed by atoms with Gasteiger partial charge in [-0.3, -0.25) is 10.1 Å². The fraction of sp³-hybridized carbons (Fsp3) is 0.600. The molecule has 38 heavy (non-hydrogen) atoms. The second-order valence-corrected chi connectivity index (χ2v) is 10.8. The van der Waals surface area contributed by atoms with Crippen LogP contribution in [0.15, 0.2) is 46.6 Å². The third-order valence-electron chi connectivity index (χ3n) is 6.70. The van der Waals surface area contributed by atoms with E-state index in [1.165, 1.54) is 121 Å². The lowest BCUT2D eigenvalue weighted by molar-refractivity contribution is -0.384. The average molecular weight is 564 g/mol. The minimum Gasteiger partial charge on any atom is -0.385 e. The van der Waals surface area contributed by atoms with Crippen LogP contribution in [0.3, 0.4) is 0 Å². The molecule has 0 aliphatic carbocycles. The summed E-state index contributed by atoms with van der Waals surface area (Å²) in [5, 5.41) is 23.2. The van der Waals surface area contributed by atoms with Crippen LogP contribution in [0, 0.1) is 10.1 Å². The van der Waals surface area contributed by atoms with Gasteiger partial charge in [-0.25, -0.2) is 0 Å². The summed E-state index contributed by atoms with van der Waals surface area (Å²) in [4.78, 5) is 10.3. The highest BCUT2D eigenvalue weighted by molar-refractivity contribution is 6.39. The number of unbranched alkanes of at least 4 members (excludes halogenated alkanes) is 15. The Balaban J connectivity index is 1.53. The molecule has 0 fully saturated rings. The van der Waals surface area contributed by atoms with Gasteiger partial charge in [0.15, 0.2) is 0 Å². The molecular weight excluding hydrogens is 519 g/mol. The van der Waals surface area contributed by atoms with Crippen LogP contribution in [0.4, 0.5) is 22.7 Å². The molecule has 0 unspecified atom stereocenters. The molecule has 0 saturated heterocycles. The highest BCUT2D eigenvalue weighted by Gasteiger charge is 2.09. The van der Waals surface area contributed by atoms with Crippen molar-refractivity contribution in [3.8, 4) is 0 Å². The van der Waals surface area contributed by atoms with Gasteiger partial charge in [-0.2, -0.15) is 5.11 Å². The van der Waals surface area contributed by atoms with Crippen molar-refractivity contribution in [1.82, 2.24) is 0 Å². The molecule has 0 saturated carbocycles. The van der Waals surface area contributed by atoms with Crippen LogP contribution >= 0.6 is 23.2 Å². The van der Waals surface area contributed by atoms with E-state index in [0.29, 0.717) is 21.4 Å². The van der Waals surface area contributed by atoms with E-state index in [2.05, 4.69) is 22.5 Å². The zero-order valence-electron chi connectivity index (χ0n) is 22.9. The van der Waals surface area contributed by atoms with Crippen LogP contribution in [0.1, 0.15) is 110 Å². The Morgan fingerprint density at radius 3 is 1.61 bits per heavy atom. The molecule has 0 heterocycles. The molecule has 0 atom stereocenters. The maximum Gasteiger partial charge on any atom is 0.269 e. The number of nitro groups is 1. The number of anilines is 1. The molecule has 0 amide bonds. The Morgan fingerprint density at radius 1 is 0.711 bits per heavy atom. The number of rotatable bonds is 21. The quantitative estimate of drug-likeness (QED) is 0.0710. The van der Waals surface area contributed by atoms with E-state index < -0.39 is 4.92 Å². The van der Waals surface area contributed by atoms with Gasteiger partial charge in [-0.1, -0.05) is 126 Å². The van der Waals surface area contributed by atoms with Gasteiger partial charge in [0.25, 0.3) is 5.69 Å². The summed E-state index contributed by atoms with van der Waals surface area (Å²) >= 11 is 12.8. The minimum absolute atomic E-state index is 0.000197.